The third-order valence-electron chi connectivity index (χ3n) is 13.4. The lowest BCUT2D eigenvalue weighted by molar-refractivity contribution is 0.782. The van der Waals surface area contributed by atoms with E-state index >= 15 is 0 Å². The number of nitrogens with zero attached hydrogens (tertiary/aromatic N) is 4. The van der Waals surface area contributed by atoms with Crippen LogP contribution in [0, 0.1) is 0 Å². The molecule has 2 unspecified atom stereocenters. The fourth-order valence-corrected chi connectivity index (χ4v) is 15.8. The van der Waals surface area contributed by atoms with Crippen LogP contribution in [0.5, 0.6) is 0 Å². The Morgan fingerprint density at radius 3 is 1.93 bits per heavy atom. The van der Waals surface area contributed by atoms with Crippen LogP contribution in [0.3, 0.4) is 0 Å². The lowest BCUT2D eigenvalue weighted by Crippen LogP contribution is -2.49. The summed E-state index contributed by atoms with van der Waals surface area (Å²) in [4.78, 5) is 18.6. The molecular formula is C52H40N4Si2. The largest absolute Gasteiger partial charge is 0.360 e. The van der Waals surface area contributed by atoms with E-state index in [1.54, 1.807) is 0 Å². The van der Waals surface area contributed by atoms with Crippen molar-refractivity contribution in [3.8, 4) is 44.8 Å². The molecule has 3 aliphatic heterocycles. The van der Waals surface area contributed by atoms with Crippen molar-refractivity contribution in [3.63, 3.8) is 0 Å². The molecule has 0 spiro atoms. The molecule has 9 aromatic rings. The second-order valence-electron chi connectivity index (χ2n) is 16.9. The van der Waals surface area contributed by atoms with E-state index in [9.17, 15) is 0 Å². The second kappa shape index (κ2) is 12.3. The van der Waals surface area contributed by atoms with E-state index in [-0.39, 0.29) is 6.04 Å². The van der Waals surface area contributed by atoms with Crippen molar-refractivity contribution in [2.75, 3.05) is 11.9 Å². The molecule has 0 aliphatic carbocycles. The Hall–Kier alpha value is -6.48. The van der Waals surface area contributed by atoms with Gasteiger partial charge in [-0.25, -0.2) is 15.0 Å². The smallest absolute Gasteiger partial charge is 0.113 e. The van der Waals surface area contributed by atoms with Gasteiger partial charge in [0.15, 0.2) is 0 Å². The van der Waals surface area contributed by atoms with E-state index < -0.39 is 16.9 Å². The molecular weight excluding hydrogens is 737 g/mol. The Labute approximate surface area is 340 Å². The molecule has 0 amide bonds. The van der Waals surface area contributed by atoms with Crippen molar-refractivity contribution < 1.29 is 0 Å². The van der Waals surface area contributed by atoms with E-state index in [2.05, 4.69) is 189 Å². The van der Waals surface area contributed by atoms with E-state index in [4.69, 9.17) is 15.0 Å². The summed E-state index contributed by atoms with van der Waals surface area (Å²) in [5.74, 6) is 0. The summed E-state index contributed by atoms with van der Waals surface area (Å²) in [5, 5.41) is 9.40. The minimum Gasteiger partial charge on any atom is -0.360 e. The molecule has 12 rings (SSSR count). The summed E-state index contributed by atoms with van der Waals surface area (Å²) in [6.07, 6.45) is 4.51. The van der Waals surface area contributed by atoms with Crippen molar-refractivity contribution >= 4 is 82.1 Å². The molecule has 4 nitrogen and oxygen atoms in total. The van der Waals surface area contributed by atoms with Crippen LogP contribution in [-0.4, -0.2) is 38.9 Å². The van der Waals surface area contributed by atoms with Crippen molar-refractivity contribution in [1.82, 2.24) is 15.0 Å². The molecule has 6 heteroatoms. The van der Waals surface area contributed by atoms with Gasteiger partial charge in [0.2, 0.25) is 0 Å². The highest BCUT2D eigenvalue weighted by Gasteiger charge is 2.37. The first-order chi connectivity index (χ1) is 28.3. The first-order valence-corrected chi connectivity index (χ1v) is 25.7. The summed E-state index contributed by atoms with van der Waals surface area (Å²) in [7, 11) is -0.718. The summed E-state index contributed by atoms with van der Waals surface area (Å²) < 4.78 is 0. The Bertz CT molecular complexity index is 3280. The predicted molar refractivity (Wildman–Crippen MR) is 250 cm³/mol. The van der Waals surface area contributed by atoms with Crippen molar-refractivity contribution in [2.24, 2.45) is 0 Å². The van der Waals surface area contributed by atoms with E-state index in [0.29, 0.717) is 0 Å². The van der Waals surface area contributed by atoms with Gasteiger partial charge in [0.25, 0.3) is 0 Å². The average Bonchev–Trinajstić information content (AvgIpc) is 3.68. The summed E-state index contributed by atoms with van der Waals surface area (Å²) in [6, 6.07) is 53.7. The van der Waals surface area contributed by atoms with Gasteiger partial charge in [0.05, 0.1) is 45.4 Å². The normalized spacial score (nSPS) is 17.0. The van der Waals surface area contributed by atoms with Crippen LogP contribution in [0.2, 0.25) is 19.6 Å². The first-order valence-electron chi connectivity index (χ1n) is 20.4. The van der Waals surface area contributed by atoms with Gasteiger partial charge in [-0.2, -0.15) is 0 Å². The first kappa shape index (κ1) is 33.6. The minimum atomic E-state index is -1.73. The van der Waals surface area contributed by atoms with Gasteiger partial charge in [0.1, 0.15) is 16.9 Å². The maximum absolute atomic E-state index is 5.43. The van der Waals surface area contributed by atoms with Crippen LogP contribution >= 0.6 is 0 Å². The topological polar surface area (TPSA) is 41.9 Å². The monoisotopic (exact) mass is 776 g/mol. The Kier molecular flexibility index (Phi) is 7.11. The van der Waals surface area contributed by atoms with Gasteiger partial charge in [-0.05, 0) is 68.5 Å². The quantitative estimate of drug-likeness (QED) is 0.133. The maximum atomic E-state index is 5.43. The minimum absolute atomic E-state index is 0.0707. The van der Waals surface area contributed by atoms with Crippen LogP contribution in [-0.2, 0) is 0 Å². The van der Waals surface area contributed by atoms with Gasteiger partial charge in [-0.3, -0.25) is 0 Å². The number of pyridine rings is 3. The lowest BCUT2D eigenvalue weighted by Gasteiger charge is -2.33. The van der Waals surface area contributed by atoms with Gasteiger partial charge >= 0.3 is 0 Å². The Morgan fingerprint density at radius 1 is 0.534 bits per heavy atom. The molecule has 3 aliphatic rings. The predicted octanol–water partition coefficient (Wildman–Crippen LogP) is 9.62. The molecule has 3 aromatic heterocycles. The number of anilines is 1. The number of likely N-dealkylation sites (N-methyl/N-ethyl adjacent to an activating group) is 1. The molecule has 276 valence electrons. The third-order valence-corrected chi connectivity index (χ3v) is 19.8. The van der Waals surface area contributed by atoms with Crippen LogP contribution < -0.4 is 25.6 Å². The number of hydrogen-bond donors (Lipinski definition) is 0. The second-order valence-corrected chi connectivity index (χ2v) is 23.9. The van der Waals surface area contributed by atoms with Gasteiger partial charge < -0.3 is 4.90 Å². The molecule has 0 saturated heterocycles. The van der Waals surface area contributed by atoms with E-state index in [0.717, 1.165) is 66.6 Å². The number of rotatable bonds is 3. The summed E-state index contributed by atoms with van der Waals surface area (Å²) >= 11 is 0. The van der Waals surface area contributed by atoms with E-state index in [1.165, 1.54) is 48.6 Å². The molecule has 6 heterocycles. The van der Waals surface area contributed by atoms with E-state index in [1.807, 2.05) is 0 Å². The van der Waals surface area contributed by atoms with Crippen LogP contribution in [0.15, 0.2) is 152 Å². The average molecular weight is 777 g/mol. The SMILES string of the molecule is CN1c2c(ccc3ccc(-c4ccc5c(c4)-c4ccccc4[SiH]5C)nc23)C=CC1c1ccc2ccc3ccc(-c4ccc5c(c4)-c4ccccc4[Si]5(C)C)nc3c2n1. The van der Waals surface area contributed by atoms with Crippen LogP contribution in [0.25, 0.3) is 83.6 Å². The number of fused-ring (bicyclic) bond motifs is 12. The summed E-state index contributed by atoms with van der Waals surface area (Å²) in [5.41, 5.74) is 15.9. The molecule has 0 N–H and O–H groups in total. The molecule has 0 bridgehead atoms. The maximum Gasteiger partial charge on any atom is 0.113 e. The molecule has 58 heavy (non-hydrogen) atoms. The zero-order valence-corrected chi connectivity index (χ0v) is 35.1. The number of hydrogen-bond acceptors (Lipinski definition) is 4. The molecule has 2 atom stereocenters. The molecule has 0 fully saturated rings. The van der Waals surface area contributed by atoms with Crippen molar-refractivity contribution in [3.05, 3.63) is 163 Å². The lowest BCUT2D eigenvalue weighted by atomic mass is 9.97. The Morgan fingerprint density at radius 2 is 1.12 bits per heavy atom. The summed E-state index contributed by atoms with van der Waals surface area (Å²) in [6.45, 7) is 7.37. The standard InChI is InChI=1S/C52H40N4Si2/c1-56-44(26-20-34-16-15-33-18-24-42(54-51(33)52(34)56)35-21-27-46-39(29-35)37-9-5-7-11-45(37)57(46)2)43-25-19-32-14-13-31-17-23-41(53-49(31)50(32)55-43)36-22-28-48-40(30-36)38-10-6-8-12-47(38)58(48,3)4/h5-30,44,57H,1-4H3. The third kappa shape index (κ3) is 4.82. The van der Waals surface area contributed by atoms with Crippen LogP contribution in [0.1, 0.15) is 17.3 Å². The fraction of sp³-hybridized carbons (Fsp3) is 0.0962. The zero-order chi connectivity index (χ0) is 38.9. The fourth-order valence-electron chi connectivity index (χ4n) is 10.2. The highest BCUT2D eigenvalue weighted by molar-refractivity contribution is 7.03. The molecule has 0 radical (unpaired) electrons. The number of aromatic nitrogens is 3. The van der Waals surface area contributed by atoms with Gasteiger partial charge in [0, 0.05) is 34.3 Å². The van der Waals surface area contributed by atoms with Crippen molar-refractivity contribution in [2.45, 2.75) is 25.7 Å². The van der Waals surface area contributed by atoms with Gasteiger partial charge in [-0.15, -0.1) is 0 Å². The van der Waals surface area contributed by atoms with Crippen LogP contribution in [0.4, 0.5) is 5.69 Å². The van der Waals surface area contributed by atoms with Gasteiger partial charge in [-0.1, -0.05) is 157 Å². The highest BCUT2D eigenvalue weighted by atomic mass is 28.3. The number of benzene rings is 6. The molecule has 0 saturated carbocycles. The zero-order valence-electron chi connectivity index (χ0n) is 33.0. The molecule has 6 aromatic carbocycles. The van der Waals surface area contributed by atoms with Crippen molar-refractivity contribution in [1.29, 1.82) is 0 Å². The Balaban J connectivity index is 0.929. The highest BCUT2D eigenvalue weighted by Crippen LogP contribution is 2.41.